The number of aromatic nitrogens is 6. The molecular formula is C21H24N8O. The summed E-state index contributed by atoms with van der Waals surface area (Å²) in [7, 11) is 0. The molecule has 9 heteroatoms. The minimum Gasteiger partial charge on any atom is -0.354 e. The molecule has 0 aliphatic heterocycles. The Hall–Kier alpha value is -3.49. The molecule has 0 bridgehead atoms. The lowest BCUT2D eigenvalue weighted by atomic mass is 9.91. The van der Waals surface area contributed by atoms with Crippen LogP contribution in [0.25, 0.3) is 27.8 Å². The Morgan fingerprint density at radius 2 is 1.97 bits per heavy atom. The molecule has 1 saturated carbocycles. The number of fused-ring (bicyclic) bond motifs is 2. The molecule has 1 aliphatic rings. The summed E-state index contributed by atoms with van der Waals surface area (Å²) in [6, 6.07) is 4.59. The van der Waals surface area contributed by atoms with E-state index in [9.17, 15) is 4.79 Å². The van der Waals surface area contributed by atoms with Crippen LogP contribution in [0.15, 0.2) is 30.7 Å². The molecule has 0 radical (unpaired) electrons. The largest absolute Gasteiger partial charge is 0.354 e. The molecule has 4 aromatic rings. The predicted octanol–water partition coefficient (Wildman–Crippen LogP) is 2.84. The minimum atomic E-state index is 0.0429. The summed E-state index contributed by atoms with van der Waals surface area (Å²) < 4.78 is 1.97. The van der Waals surface area contributed by atoms with Crippen LogP contribution in [-0.2, 0) is 4.79 Å². The van der Waals surface area contributed by atoms with E-state index in [2.05, 4.69) is 35.8 Å². The predicted molar refractivity (Wildman–Crippen MR) is 114 cm³/mol. The summed E-state index contributed by atoms with van der Waals surface area (Å²) >= 11 is 0. The first-order chi connectivity index (χ1) is 14.6. The van der Waals surface area contributed by atoms with E-state index in [0.29, 0.717) is 12.0 Å². The van der Waals surface area contributed by atoms with Gasteiger partial charge in [0.15, 0.2) is 5.65 Å². The Bertz CT molecular complexity index is 1220. The maximum atomic E-state index is 11.2. The van der Waals surface area contributed by atoms with Crippen molar-refractivity contribution in [3.05, 3.63) is 36.5 Å². The highest BCUT2D eigenvalue weighted by Gasteiger charge is 2.22. The lowest BCUT2D eigenvalue weighted by Gasteiger charge is -2.29. The van der Waals surface area contributed by atoms with Gasteiger partial charge in [-0.3, -0.25) is 9.20 Å². The molecule has 0 atom stereocenters. The van der Waals surface area contributed by atoms with Gasteiger partial charge in [0, 0.05) is 54.1 Å². The van der Waals surface area contributed by atoms with Crippen molar-refractivity contribution in [1.29, 1.82) is 0 Å². The Morgan fingerprint density at radius 1 is 1.17 bits per heavy atom. The second kappa shape index (κ2) is 7.40. The van der Waals surface area contributed by atoms with Gasteiger partial charge in [-0.1, -0.05) is 0 Å². The summed E-state index contributed by atoms with van der Waals surface area (Å²) in [6.45, 7) is 3.51. The molecule has 4 heterocycles. The maximum absolute atomic E-state index is 11.2. The topological polar surface area (TPSA) is 113 Å². The van der Waals surface area contributed by atoms with Gasteiger partial charge in [0.2, 0.25) is 11.9 Å². The van der Waals surface area contributed by atoms with Crippen LogP contribution in [0.4, 0.5) is 5.95 Å². The second-order valence-corrected chi connectivity index (χ2v) is 7.94. The van der Waals surface area contributed by atoms with E-state index in [4.69, 9.17) is 0 Å². The molecule has 0 saturated heterocycles. The number of pyridine rings is 1. The van der Waals surface area contributed by atoms with Gasteiger partial charge >= 0.3 is 0 Å². The highest BCUT2D eigenvalue weighted by Crippen LogP contribution is 2.29. The highest BCUT2D eigenvalue weighted by molar-refractivity contribution is 5.93. The van der Waals surface area contributed by atoms with Crippen molar-refractivity contribution in [2.24, 2.45) is 0 Å². The van der Waals surface area contributed by atoms with Crippen molar-refractivity contribution in [2.45, 2.75) is 51.6 Å². The van der Waals surface area contributed by atoms with Gasteiger partial charge in [-0.25, -0.2) is 4.98 Å². The fraction of sp³-hybridized carbons (Fsp3) is 0.381. The molecule has 4 aromatic heterocycles. The van der Waals surface area contributed by atoms with Crippen LogP contribution in [0.3, 0.4) is 0 Å². The van der Waals surface area contributed by atoms with Crippen molar-refractivity contribution in [1.82, 2.24) is 34.9 Å². The van der Waals surface area contributed by atoms with E-state index in [0.717, 1.165) is 59.3 Å². The fourth-order valence-electron chi connectivity index (χ4n) is 4.23. The number of carbonyl (C=O) groups excluding carboxylic acids is 1. The SMILES string of the molecule is CC(=O)N[C@H]1CC[C@@H](Nc2ncc3c(-c4ccc5nnc(C)n5c4)c[nH]c3n2)CC1. The smallest absolute Gasteiger partial charge is 0.224 e. The van der Waals surface area contributed by atoms with Gasteiger partial charge in [0.05, 0.1) is 0 Å². The number of aryl methyl sites for hydroxylation is 1. The monoisotopic (exact) mass is 404 g/mol. The van der Waals surface area contributed by atoms with Crippen molar-refractivity contribution >= 4 is 28.5 Å². The quantitative estimate of drug-likeness (QED) is 0.482. The molecule has 3 N–H and O–H groups in total. The van der Waals surface area contributed by atoms with Gasteiger partial charge in [-0.15, -0.1) is 10.2 Å². The number of nitrogens with one attached hydrogen (secondary N) is 3. The Kier molecular flexibility index (Phi) is 4.57. The Labute approximate surface area is 173 Å². The highest BCUT2D eigenvalue weighted by atomic mass is 16.1. The number of hydrogen-bond donors (Lipinski definition) is 3. The van der Waals surface area contributed by atoms with E-state index in [1.807, 2.05) is 42.0 Å². The van der Waals surface area contributed by atoms with Crippen LogP contribution in [0.5, 0.6) is 0 Å². The van der Waals surface area contributed by atoms with E-state index in [1.165, 1.54) is 0 Å². The molecule has 1 amide bonds. The number of rotatable bonds is 4. The summed E-state index contributed by atoms with van der Waals surface area (Å²) in [5, 5.41) is 15.7. The van der Waals surface area contributed by atoms with Crippen LogP contribution in [0.1, 0.15) is 38.4 Å². The molecular weight excluding hydrogens is 380 g/mol. The summed E-state index contributed by atoms with van der Waals surface area (Å²) in [5.74, 6) is 1.52. The van der Waals surface area contributed by atoms with E-state index in [-0.39, 0.29) is 11.9 Å². The van der Waals surface area contributed by atoms with E-state index in [1.54, 1.807) is 6.92 Å². The standard InChI is InChI=1S/C21H24N8O/c1-12-27-28-19-8-3-14(11-29(12)19)17-9-22-20-18(17)10-23-21(26-20)25-16-6-4-15(5-7-16)24-13(2)30/h3,8-11,15-16H,4-7H2,1-2H3,(H,24,30)(H2,22,23,25,26)/t15-,16+. The lowest BCUT2D eigenvalue weighted by Crippen LogP contribution is -2.39. The van der Waals surface area contributed by atoms with Crippen molar-refractivity contribution < 1.29 is 4.79 Å². The van der Waals surface area contributed by atoms with Gasteiger partial charge in [-0.2, -0.15) is 4.98 Å². The van der Waals surface area contributed by atoms with Crippen molar-refractivity contribution in [3.8, 4) is 11.1 Å². The number of hydrogen-bond acceptors (Lipinski definition) is 6. The third kappa shape index (κ3) is 3.47. The second-order valence-electron chi connectivity index (χ2n) is 7.94. The Balaban J connectivity index is 1.34. The first-order valence-corrected chi connectivity index (χ1v) is 10.3. The molecule has 0 spiro atoms. The van der Waals surface area contributed by atoms with Gasteiger partial charge in [-0.05, 0) is 44.7 Å². The van der Waals surface area contributed by atoms with Crippen LogP contribution < -0.4 is 10.6 Å². The van der Waals surface area contributed by atoms with Gasteiger partial charge < -0.3 is 15.6 Å². The summed E-state index contributed by atoms with van der Waals surface area (Å²) in [5.41, 5.74) is 3.72. The molecule has 0 aromatic carbocycles. The zero-order valence-corrected chi connectivity index (χ0v) is 17.0. The number of anilines is 1. The first-order valence-electron chi connectivity index (χ1n) is 10.3. The molecule has 154 valence electrons. The minimum absolute atomic E-state index is 0.0429. The lowest BCUT2D eigenvalue weighted by molar-refractivity contribution is -0.119. The number of amides is 1. The molecule has 0 unspecified atom stereocenters. The average Bonchev–Trinajstić information content (AvgIpc) is 3.32. The van der Waals surface area contributed by atoms with Crippen LogP contribution in [0, 0.1) is 6.92 Å². The average molecular weight is 404 g/mol. The van der Waals surface area contributed by atoms with Crippen LogP contribution in [-0.4, -0.2) is 47.5 Å². The molecule has 9 nitrogen and oxygen atoms in total. The van der Waals surface area contributed by atoms with E-state index >= 15 is 0 Å². The molecule has 30 heavy (non-hydrogen) atoms. The third-order valence-electron chi connectivity index (χ3n) is 5.78. The number of aromatic amines is 1. The number of nitrogens with zero attached hydrogens (tertiary/aromatic N) is 5. The van der Waals surface area contributed by atoms with Crippen LogP contribution >= 0.6 is 0 Å². The molecule has 1 aliphatic carbocycles. The number of H-pyrrole nitrogens is 1. The van der Waals surface area contributed by atoms with Crippen molar-refractivity contribution in [2.75, 3.05) is 5.32 Å². The first kappa shape index (κ1) is 18.5. The number of carbonyl (C=O) groups is 1. The third-order valence-corrected chi connectivity index (χ3v) is 5.78. The molecule has 1 fully saturated rings. The van der Waals surface area contributed by atoms with E-state index < -0.39 is 0 Å². The zero-order valence-electron chi connectivity index (χ0n) is 17.0. The van der Waals surface area contributed by atoms with Crippen LogP contribution in [0.2, 0.25) is 0 Å². The normalized spacial score (nSPS) is 19.3. The van der Waals surface area contributed by atoms with Gasteiger partial charge in [0.25, 0.3) is 0 Å². The fourth-order valence-corrected chi connectivity index (χ4v) is 4.23. The Morgan fingerprint density at radius 3 is 2.77 bits per heavy atom. The summed E-state index contributed by atoms with van der Waals surface area (Å²) in [4.78, 5) is 23.7. The van der Waals surface area contributed by atoms with Gasteiger partial charge in [0.1, 0.15) is 11.5 Å². The summed E-state index contributed by atoms with van der Waals surface area (Å²) in [6.07, 6.45) is 9.77. The molecule has 5 rings (SSSR count). The maximum Gasteiger partial charge on any atom is 0.224 e. The van der Waals surface area contributed by atoms with Crippen molar-refractivity contribution in [3.63, 3.8) is 0 Å². The zero-order chi connectivity index (χ0) is 20.7.